The number of aliphatic imine (C=N–C) groups is 1. The van der Waals surface area contributed by atoms with Crippen molar-refractivity contribution in [2.24, 2.45) is 4.99 Å². The largest absolute Gasteiger partial charge is 0.502 e. The van der Waals surface area contributed by atoms with Gasteiger partial charge in [-0.15, -0.1) is 0 Å². The number of nitrogens with zero attached hydrogens (tertiary/aromatic N) is 2. The Bertz CT molecular complexity index is 961. The molecule has 2 N–H and O–H groups in total. The summed E-state index contributed by atoms with van der Waals surface area (Å²) in [5, 5.41) is 14.0. The molecule has 156 valence electrons. The van der Waals surface area contributed by atoms with Gasteiger partial charge in [-0.25, -0.2) is 4.99 Å². The van der Waals surface area contributed by atoms with Crippen molar-refractivity contribution in [2.75, 3.05) is 14.2 Å². The zero-order chi connectivity index (χ0) is 20.5. The van der Waals surface area contributed by atoms with Crippen LogP contribution in [0.15, 0.2) is 21.9 Å². The first kappa shape index (κ1) is 19.9. The van der Waals surface area contributed by atoms with Crippen LogP contribution in [0.1, 0.15) is 67.9 Å². The summed E-state index contributed by atoms with van der Waals surface area (Å²) in [6.07, 6.45) is 6.96. The number of rotatable bonds is 4. The van der Waals surface area contributed by atoms with Gasteiger partial charge in [-0.1, -0.05) is 37.4 Å². The number of hydrogen-bond acceptors (Lipinski definition) is 6. The lowest BCUT2D eigenvalue weighted by Gasteiger charge is -2.24. The average Bonchev–Trinajstić information content (AvgIpc) is 2.88. The minimum Gasteiger partial charge on any atom is -0.502 e. The third-order valence-electron chi connectivity index (χ3n) is 5.74. The fourth-order valence-corrected chi connectivity index (χ4v) is 5.37. The molecule has 1 aromatic carbocycles. The summed E-state index contributed by atoms with van der Waals surface area (Å²) < 4.78 is 12.6. The topological polar surface area (TPSA) is 88.8 Å². The monoisotopic (exact) mass is 417 g/mol. The number of methoxy groups -OCH3 is 2. The Hall–Kier alpha value is -2.35. The molecule has 2 aliphatic rings. The lowest BCUT2D eigenvalue weighted by Crippen LogP contribution is -2.14. The Kier molecular flexibility index (Phi) is 5.63. The molecule has 1 aromatic heterocycles. The molecule has 1 atom stereocenters. The maximum absolute atomic E-state index is 13.0. The van der Waals surface area contributed by atoms with Gasteiger partial charge in [0, 0.05) is 0 Å². The zero-order valence-corrected chi connectivity index (χ0v) is 17.8. The quantitative estimate of drug-likeness (QED) is 0.705. The highest BCUT2D eigenvalue weighted by molar-refractivity contribution is 8.14. The second-order valence-corrected chi connectivity index (χ2v) is 8.89. The van der Waals surface area contributed by atoms with Crippen molar-refractivity contribution in [1.29, 1.82) is 0 Å². The van der Waals surface area contributed by atoms with E-state index in [4.69, 9.17) is 14.5 Å². The Balaban J connectivity index is 1.82. The standard InChI is InChI=1S/C21H27N3O4S/c1-12-22-20-17(21(26)23-24(20)14-8-6-4-5-7-9-14)19(29-12)13-10-15(27-2)18(25)16(11-13)28-3/h10-11,14,19,25H,4-9H2,1-3H3,(H,23,26). The molecule has 0 amide bonds. The van der Waals surface area contributed by atoms with E-state index in [0.717, 1.165) is 29.3 Å². The van der Waals surface area contributed by atoms with E-state index in [2.05, 4.69) is 5.10 Å². The van der Waals surface area contributed by atoms with Gasteiger partial charge in [-0.3, -0.25) is 14.6 Å². The molecule has 0 saturated heterocycles. The second-order valence-electron chi connectivity index (χ2n) is 7.60. The molecular weight excluding hydrogens is 390 g/mol. The van der Waals surface area contributed by atoms with Crippen LogP contribution in [0.4, 0.5) is 5.82 Å². The summed E-state index contributed by atoms with van der Waals surface area (Å²) in [5.41, 5.74) is 1.38. The summed E-state index contributed by atoms with van der Waals surface area (Å²) in [4.78, 5) is 17.8. The normalized spacial score (nSPS) is 20.0. The van der Waals surface area contributed by atoms with E-state index in [-0.39, 0.29) is 22.6 Å². The highest BCUT2D eigenvalue weighted by Gasteiger charge is 2.33. The van der Waals surface area contributed by atoms with Gasteiger partial charge in [0.1, 0.15) is 0 Å². The predicted octanol–water partition coefficient (Wildman–Crippen LogP) is 4.68. The van der Waals surface area contributed by atoms with Gasteiger partial charge in [-0.2, -0.15) is 0 Å². The van der Waals surface area contributed by atoms with Crippen molar-refractivity contribution in [3.05, 3.63) is 33.6 Å². The van der Waals surface area contributed by atoms with Crippen LogP contribution >= 0.6 is 11.8 Å². The number of aromatic nitrogens is 2. The number of ether oxygens (including phenoxy) is 2. The number of aromatic amines is 1. The molecule has 0 bridgehead atoms. The summed E-state index contributed by atoms with van der Waals surface area (Å²) in [5.74, 6) is 1.33. The van der Waals surface area contributed by atoms with E-state index >= 15 is 0 Å². The molecule has 29 heavy (non-hydrogen) atoms. The van der Waals surface area contributed by atoms with Crippen molar-refractivity contribution >= 4 is 22.6 Å². The van der Waals surface area contributed by atoms with Gasteiger partial charge in [0.15, 0.2) is 17.3 Å². The van der Waals surface area contributed by atoms with Crippen molar-refractivity contribution in [3.8, 4) is 17.2 Å². The van der Waals surface area contributed by atoms with Crippen LogP contribution in [-0.4, -0.2) is 34.2 Å². The molecular formula is C21H27N3O4S. The summed E-state index contributed by atoms with van der Waals surface area (Å²) >= 11 is 1.53. The second kappa shape index (κ2) is 8.18. The van der Waals surface area contributed by atoms with Crippen molar-refractivity contribution in [1.82, 2.24) is 9.78 Å². The number of H-pyrrole nitrogens is 1. The third kappa shape index (κ3) is 3.66. The predicted molar refractivity (Wildman–Crippen MR) is 115 cm³/mol. The number of fused-ring (bicyclic) bond motifs is 1. The first-order chi connectivity index (χ1) is 14.0. The summed E-state index contributed by atoms with van der Waals surface area (Å²) in [6, 6.07) is 3.80. The Labute approximate surface area is 174 Å². The SMILES string of the molecule is COc1cc(C2SC(C)=Nc3c2c(=O)[nH]n3C2CCCCCC2)cc(OC)c1O. The fourth-order valence-electron chi connectivity index (χ4n) is 4.29. The van der Waals surface area contributed by atoms with Gasteiger partial charge >= 0.3 is 0 Å². The van der Waals surface area contributed by atoms with E-state index in [0.29, 0.717) is 17.1 Å². The maximum atomic E-state index is 13.0. The highest BCUT2D eigenvalue weighted by Crippen LogP contribution is 2.48. The van der Waals surface area contributed by atoms with Crippen LogP contribution in [0.3, 0.4) is 0 Å². The molecule has 1 aliphatic carbocycles. The zero-order valence-electron chi connectivity index (χ0n) is 17.0. The minimum atomic E-state index is -0.248. The molecule has 0 spiro atoms. The number of phenols is 1. The lowest BCUT2D eigenvalue weighted by atomic mass is 10.0. The number of nitrogens with one attached hydrogen (secondary N) is 1. The molecule has 1 saturated carbocycles. The van der Waals surface area contributed by atoms with Crippen LogP contribution in [0.2, 0.25) is 0 Å². The van der Waals surface area contributed by atoms with E-state index in [9.17, 15) is 9.90 Å². The Morgan fingerprint density at radius 2 is 1.76 bits per heavy atom. The number of thioether (sulfide) groups is 1. The van der Waals surface area contributed by atoms with Crippen molar-refractivity contribution in [3.63, 3.8) is 0 Å². The Morgan fingerprint density at radius 3 is 2.34 bits per heavy atom. The van der Waals surface area contributed by atoms with Gasteiger partial charge < -0.3 is 14.6 Å². The molecule has 4 rings (SSSR count). The van der Waals surface area contributed by atoms with E-state index < -0.39 is 0 Å². The van der Waals surface area contributed by atoms with E-state index in [1.165, 1.54) is 51.7 Å². The smallest absolute Gasteiger partial charge is 0.271 e. The molecule has 2 aromatic rings. The van der Waals surface area contributed by atoms with Crippen LogP contribution in [0.25, 0.3) is 0 Å². The first-order valence-corrected chi connectivity index (χ1v) is 10.9. The number of aromatic hydroxyl groups is 1. The summed E-state index contributed by atoms with van der Waals surface area (Å²) in [7, 11) is 3.00. The molecule has 8 heteroatoms. The summed E-state index contributed by atoms with van der Waals surface area (Å²) in [6.45, 7) is 1.96. The van der Waals surface area contributed by atoms with Gasteiger partial charge in [-0.05, 0) is 37.5 Å². The van der Waals surface area contributed by atoms with Gasteiger partial charge in [0.05, 0.1) is 36.1 Å². The molecule has 0 radical (unpaired) electrons. The lowest BCUT2D eigenvalue weighted by molar-refractivity contribution is 0.339. The van der Waals surface area contributed by atoms with E-state index in [1.807, 2.05) is 11.6 Å². The van der Waals surface area contributed by atoms with Gasteiger partial charge in [0.2, 0.25) is 5.75 Å². The average molecular weight is 418 g/mol. The molecule has 1 aliphatic heterocycles. The number of hydrogen-bond donors (Lipinski definition) is 2. The van der Waals surface area contributed by atoms with E-state index in [1.54, 1.807) is 12.1 Å². The van der Waals surface area contributed by atoms with Crippen LogP contribution in [0.5, 0.6) is 17.2 Å². The first-order valence-electron chi connectivity index (χ1n) is 10.0. The molecule has 1 fully saturated rings. The van der Waals surface area contributed by atoms with Crippen LogP contribution in [-0.2, 0) is 0 Å². The maximum Gasteiger partial charge on any atom is 0.271 e. The Morgan fingerprint density at radius 1 is 1.14 bits per heavy atom. The number of phenolic OH excluding ortho intramolecular Hbond substituents is 1. The minimum absolute atomic E-state index is 0.0462. The van der Waals surface area contributed by atoms with Crippen molar-refractivity contribution in [2.45, 2.75) is 56.7 Å². The van der Waals surface area contributed by atoms with Crippen LogP contribution in [0, 0.1) is 0 Å². The number of benzene rings is 1. The fraction of sp³-hybridized carbons (Fsp3) is 0.524. The van der Waals surface area contributed by atoms with Crippen molar-refractivity contribution < 1.29 is 14.6 Å². The molecule has 7 nitrogen and oxygen atoms in total. The van der Waals surface area contributed by atoms with Gasteiger partial charge in [0.25, 0.3) is 5.56 Å². The molecule has 1 unspecified atom stereocenters. The molecule has 2 heterocycles. The highest BCUT2D eigenvalue weighted by atomic mass is 32.2. The third-order valence-corrected chi connectivity index (χ3v) is 6.92. The van der Waals surface area contributed by atoms with Crippen LogP contribution < -0.4 is 15.0 Å².